The first-order valence-electron chi connectivity index (χ1n) is 6.96. The van der Waals surface area contributed by atoms with Gasteiger partial charge in [0, 0.05) is 29.4 Å². The van der Waals surface area contributed by atoms with E-state index in [1.54, 1.807) is 0 Å². The molecule has 0 amide bonds. The molecule has 1 heterocycles. The van der Waals surface area contributed by atoms with Crippen molar-refractivity contribution in [2.75, 3.05) is 26.0 Å². The molecule has 1 fully saturated rings. The Morgan fingerprint density at radius 3 is 2.68 bits per heavy atom. The first-order chi connectivity index (χ1) is 9.21. The number of anilines is 1. The van der Waals surface area contributed by atoms with Crippen LogP contribution >= 0.6 is 0 Å². The molecule has 19 heavy (non-hydrogen) atoms. The van der Waals surface area contributed by atoms with Gasteiger partial charge in [0.25, 0.3) is 0 Å². The summed E-state index contributed by atoms with van der Waals surface area (Å²) in [5, 5.41) is 4.84. The Morgan fingerprint density at radius 2 is 2.00 bits per heavy atom. The van der Waals surface area contributed by atoms with Crippen molar-refractivity contribution in [3.8, 4) is 0 Å². The van der Waals surface area contributed by atoms with E-state index in [1.807, 2.05) is 12.3 Å². The van der Waals surface area contributed by atoms with Crippen molar-refractivity contribution in [3.05, 3.63) is 36.5 Å². The van der Waals surface area contributed by atoms with Crippen LogP contribution in [0.15, 0.2) is 36.5 Å². The van der Waals surface area contributed by atoms with Crippen LogP contribution in [0, 0.1) is 0 Å². The van der Waals surface area contributed by atoms with Crippen molar-refractivity contribution in [2.24, 2.45) is 0 Å². The highest BCUT2D eigenvalue weighted by Gasteiger charge is 2.38. The van der Waals surface area contributed by atoms with Gasteiger partial charge in [-0.05, 0) is 45.5 Å². The van der Waals surface area contributed by atoms with E-state index < -0.39 is 0 Å². The molecule has 1 saturated carbocycles. The normalized spacial score (nSPS) is 17.4. The molecule has 0 bridgehead atoms. The largest absolute Gasteiger partial charge is 0.383 e. The van der Waals surface area contributed by atoms with Gasteiger partial charge in [0.15, 0.2) is 0 Å². The molecule has 0 atom stereocenters. The number of aromatic nitrogens is 1. The molecule has 1 N–H and O–H groups in total. The molecule has 3 nitrogen and oxygen atoms in total. The number of hydrogen-bond acceptors (Lipinski definition) is 3. The number of nitrogens with one attached hydrogen (secondary N) is 1. The average Bonchev–Trinajstić information content (AvgIpc) is 2.37. The lowest BCUT2D eigenvalue weighted by atomic mass is 9.75. The summed E-state index contributed by atoms with van der Waals surface area (Å²) in [4.78, 5) is 6.77. The predicted octanol–water partition coefficient (Wildman–Crippen LogP) is 3.13. The molecule has 1 aliphatic rings. The van der Waals surface area contributed by atoms with Crippen molar-refractivity contribution in [1.82, 2.24) is 9.88 Å². The number of benzene rings is 1. The van der Waals surface area contributed by atoms with Crippen LogP contribution in [-0.4, -0.2) is 36.1 Å². The topological polar surface area (TPSA) is 28.2 Å². The van der Waals surface area contributed by atoms with Crippen molar-refractivity contribution in [1.29, 1.82) is 0 Å². The summed E-state index contributed by atoms with van der Waals surface area (Å²) in [6, 6.07) is 10.4. The van der Waals surface area contributed by atoms with Gasteiger partial charge < -0.3 is 10.2 Å². The van der Waals surface area contributed by atoms with Crippen molar-refractivity contribution in [3.63, 3.8) is 0 Å². The molecule has 0 radical (unpaired) electrons. The van der Waals surface area contributed by atoms with Crippen LogP contribution in [0.3, 0.4) is 0 Å². The summed E-state index contributed by atoms with van der Waals surface area (Å²) in [5.74, 6) is 0. The summed E-state index contributed by atoms with van der Waals surface area (Å²) < 4.78 is 0. The lowest BCUT2D eigenvalue weighted by Crippen LogP contribution is -2.54. The summed E-state index contributed by atoms with van der Waals surface area (Å²) in [6.07, 6.45) is 5.80. The fourth-order valence-corrected chi connectivity index (χ4v) is 2.88. The number of pyridine rings is 1. The average molecular weight is 255 g/mol. The van der Waals surface area contributed by atoms with E-state index >= 15 is 0 Å². The van der Waals surface area contributed by atoms with E-state index in [2.05, 4.69) is 53.6 Å². The highest BCUT2D eigenvalue weighted by molar-refractivity contribution is 5.90. The molecule has 100 valence electrons. The van der Waals surface area contributed by atoms with Gasteiger partial charge in [-0.15, -0.1) is 0 Å². The van der Waals surface area contributed by atoms with E-state index in [1.165, 1.54) is 30.3 Å². The fraction of sp³-hybridized carbons (Fsp3) is 0.438. The molecule has 0 spiro atoms. The van der Waals surface area contributed by atoms with Crippen molar-refractivity contribution in [2.45, 2.75) is 24.8 Å². The number of nitrogens with zero attached hydrogens (tertiary/aromatic N) is 2. The molecule has 1 aromatic heterocycles. The Hall–Kier alpha value is -1.61. The van der Waals surface area contributed by atoms with Crippen LogP contribution in [0.5, 0.6) is 0 Å². The molecular formula is C16H21N3. The van der Waals surface area contributed by atoms with E-state index in [9.17, 15) is 0 Å². The summed E-state index contributed by atoms with van der Waals surface area (Å²) in [7, 11) is 4.37. The first-order valence-corrected chi connectivity index (χ1v) is 6.96. The van der Waals surface area contributed by atoms with Crippen LogP contribution in [0.1, 0.15) is 19.3 Å². The number of likely N-dealkylation sites (N-methyl/N-ethyl adjacent to an activating group) is 1. The van der Waals surface area contributed by atoms with Gasteiger partial charge in [0.1, 0.15) is 0 Å². The lowest BCUT2D eigenvalue weighted by molar-refractivity contribution is 0.0739. The minimum absolute atomic E-state index is 0.338. The minimum atomic E-state index is 0.338. The van der Waals surface area contributed by atoms with Gasteiger partial charge in [-0.3, -0.25) is 4.98 Å². The Balaban J connectivity index is 1.82. The molecule has 1 aromatic carbocycles. The third-order valence-corrected chi connectivity index (χ3v) is 4.49. The van der Waals surface area contributed by atoms with Gasteiger partial charge in [0.05, 0.1) is 5.52 Å². The van der Waals surface area contributed by atoms with E-state index in [0.29, 0.717) is 5.54 Å². The third-order valence-electron chi connectivity index (χ3n) is 4.49. The Kier molecular flexibility index (Phi) is 3.15. The number of rotatable bonds is 4. The Labute approximate surface area is 114 Å². The molecule has 0 saturated heterocycles. The van der Waals surface area contributed by atoms with Gasteiger partial charge >= 0.3 is 0 Å². The van der Waals surface area contributed by atoms with Gasteiger partial charge in [-0.1, -0.05) is 18.2 Å². The monoisotopic (exact) mass is 255 g/mol. The standard InChI is InChI=1S/C16H21N3/c1-19(2)16(9-5-10-16)12-18-15-8-11-17-14-7-4-3-6-13(14)15/h3-4,6-8,11H,5,9-10,12H2,1-2H3,(H,17,18). The molecule has 1 aliphatic carbocycles. The molecule has 3 heteroatoms. The Morgan fingerprint density at radius 1 is 1.21 bits per heavy atom. The number of fused-ring (bicyclic) bond motifs is 1. The molecule has 0 unspecified atom stereocenters. The van der Waals surface area contributed by atoms with Gasteiger partial charge in [0.2, 0.25) is 0 Å². The number of para-hydroxylation sites is 1. The number of hydrogen-bond donors (Lipinski definition) is 1. The molecule has 2 aromatic rings. The van der Waals surface area contributed by atoms with Crippen LogP contribution in [0.2, 0.25) is 0 Å². The van der Waals surface area contributed by atoms with Crippen LogP contribution in [0.25, 0.3) is 10.9 Å². The van der Waals surface area contributed by atoms with Crippen LogP contribution in [0.4, 0.5) is 5.69 Å². The molecular weight excluding hydrogens is 234 g/mol. The molecule has 0 aliphatic heterocycles. The zero-order chi connectivity index (χ0) is 13.3. The highest BCUT2D eigenvalue weighted by Crippen LogP contribution is 2.36. The predicted molar refractivity (Wildman–Crippen MR) is 80.5 cm³/mol. The minimum Gasteiger partial charge on any atom is -0.383 e. The van der Waals surface area contributed by atoms with E-state index in [-0.39, 0.29) is 0 Å². The van der Waals surface area contributed by atoms with Crippen molar-refractivity contribution >= 4 is 16.6 Å². The Bertz CT molecular complexity index is 568. The van der Waals surface area contributed by atoms with Crippen LogP contribution in [-0.2, 0) is 0 Å². The second-order valence-corrected chi connectivity index (χ2v) is 5.70. The lowest BCUT2D eigenvalue weighted by Gasteiger charge is -2.47. The van der Waals surface area contributed by atoms with Gasteiger partial charge in [-0.2, -0.15) is 0 Å². The fourth-order valence-electron chi connectivity index (χ4n) is 2.88. The third kappa shape index (κ3) is 2.19. The maximum absolute atomic E-state index is 4.41. The van der Waals surface area contributed by atoms with E-state index in [0.717, 1.165) is 12.1 Å². The summed E-state index contributed by atoms with van der Waals surface area (Å²) >= 11 is 0. The van der Waals surface area contributed by atoms with Crippen molar-refractivity contribution < 1.29 is 0 Å². The first kappa shape index (κ1) is 12.4. The zero-order valence-corrected chi connectivity index (χ0v) is 11.7. The summed E-state index contributed by atoms with van der Waals surface area (Å²) in [5.41, 5.74) is 2.59. The maximum Gasteiger partial charge on any atom is 0.0722 e. The highest BCUT2D eigenvalue weighted by atomic mass is 15.2. The maximum atomic E-state index is 4.41. The van der Waals surface area contributed by atoms with Crippen LogP contribution < -0.4 is 5.32 Å². The second-order valence-electron chi connectivity index (χ2n) is 5.70. The van der Waals surface area contributed by atoms with E-state index in [4.69, 9.17) is 0 Å². The quantitative estimate of drug-likeness (QED) is 0.909. The second kappa shape index (κ2) is 4.82. The molecule has 3 rings (SSSR count). The SMILES string of the molecule is CN(C)C1(CNc2ccnc3ccccc23)CCC1. The smallest absolute Gasteiger partial charge is 0.0722 e. The summed E-state index contributed by atoms with van der Waals surface area (Å²) in [6.45, 7) is 1.01. The zero-order valence-electron chi connectivity index (χ0n) is 11.7. The van der Waals surface area contributed by atoms with Gasteiger partial charge in [-0.25, -0.2) is 0 Å².